The maximum absolute atomic E-state index is 8.12. The molecule has 0 fully saturated rings. The number of nitrogens with two attached hydrogens (primary N) is 2. The Balaban J connectivity index is 0. The maximum Gasteiger partial charge on any atom is 0.373 e. The first-order chi connectivity index (χ1) is 8.33. The van der Waals surface area contributed by atoms with E-state index in [0.29, 0.717) is 0 Å². The minimum Gasteiger partial charge on any atom is -0.330 e. The fourth-order valence-electron chi connectivity index (χ4n) is 1.44. The lowest BCUT2D eigenvalue weighted by Gasteiger charge is -2.03. The average molecular weight is 245 g/mol. The number of hydrogen-bond acceptors (Lipinski definition) is 5. The molecule has 0 aromatic heterocycles. The van der Waals surface area contributed by atoms with Gasteiger partial charge in [0.05, 0.1) is 0 Å². The number of hydrogen-bond donors (Lipinski definition) is 3. The van der Waals surface area contributed by atoms with E-state index in [2.05, 4.69) is 5.32 Å². The van der Waals surface area contributed by atoms with Crippen LogP contribution in [0.5, 0.6) is 0 Å². The summed E-state index contributed by atoms with van der Waals surface area (Å²) in [4.78, 5) is 16.2. The van der Waals surface area contributed by atoms with Crippen LogP contribution in [0.15, 0.2) is 0 Å². The minimum atomic E-state index is 0.250. The summed E-state index contributed by atoms with van der Waals surface area (Å²) in [5, 5.41) is 3.45. The van der Waals surface area contributed by atoms with E-state index in [4.69, 9.17) is 21.1 Å². The lowest BCUT2D eigenvalue weighted by molar-refractivity contribution is -0.191. The molecule has 0 aliphatic rings. The second-order valence-corrected chi connectivity index (χ2v) is 3.89. The van der Waals surface area contributed by atoms with Crippen LogP contribution in [0.1, 0.15) is 44.9 Å². The van der Waals surface area contributed by atoms with Crippen molar-refractivity contribution in [2.24, 2.45) is 11.5 Å². The van der Waals surface area contributed by atoms with E-state index in [1.54, 1.807) is 0 Å². The van der Waals surface area contributed by atoms with Gasteiger partial charge in [-0.15, -0.1) is 0 Å². The summed E-state index contributed by atoms with van der Waals surface area (Å²) in [6.45, 7) is 3.98. The highest BCUT2D eigenvalue weighted by molar-refractivity contribution is 5.20. The maximum atomic E-state index is 8.12. The highest BCUT2D eigenvalue weighted by atomic mass is 16.2. The van der Waals surface area contributed by atoms with Crippen molar-refractivity contribution in [3.63, 3.8) is 0 Å². The molecule has 5 nitrogen and oxygen atoms in total. The Kier molecular flexibility index (Phi) is 22.6. The van der Waals surface area contributed by atoms with E-state index >= 15 is 0 Å². The molecule has 0 aromatic carbocycles. The third-order valence-electron chi connectivity index (χ3n) is 2.37. The number of carbonyl (C=O) groups excluding carboxylic acids is 2. The first kappa shape index (κ1) is 18.6. The fourth-order valence-corrected chi connectivity index (χ4v) is 1.44. The van der Waals surface area contributed by atoms with Crippen LogP contribution < -0.4 is 16.8 Å². The third kappa shape index (κ3) is 25.5. The summed E-state index contributed by atoms with van der Waals surface area (Å²) < 4.78 is 0. The van der Waals surface area contributed by atoms with Crippen molar-refractivity contribution in [3.05, 3.63) is 0 Å². The Hall–Kier alpha value is -0.740. The van der Waals surface area contributed by atoms with Gasteiger partial charge >= 0.3 is 6.15 Å². The van der Waals surface area contributed by atoms with Crippen LogP contribution in [0.25, 0.3) is 0 Å². The van der Waals surface area contributed by atoms with Gasteiger partial charge in [0.1, 0.15) is 0 Å². The van der Waals surface area contributed by atoms with E-state index in [9.17, 15) is 0 Å². The molecule has 0 aliphatic carbocycles. The van der Waals surface area contributed by atoms with Gasteiger partial charge in [-0.1, -0.05) is 19.3 Å². The number of unbranched alkanes of at least 4 members (excludes halogenated alkanes) is 5. The van der Waals surface area contributed by atoms with E-state index in [1.165, 1.54) is 38.5 Å². The van der Waals surface area contributed by atoms with Gasteiger partial charge in [0, 0.05) is 0 Å². The van der Waals surface area contributed by atoms with Crippen molar-refractivity contribution < 1.29 is 9.59 Å². The van der Waals surface area contributed by atoms with Gasteiger partial charge in [-0.25, -0.2) is 0 Å². The smallest absolute Gasteiger partial charge is 0.330 e. The fraction of sp³-hybridized carbons (Fsp3) is 0.917. The van der Waals surface area contributed by atoms with Gasteiger partial charge in [0.25, 0.3) is 0 Å². The van der Waals surface area contributed by atoms with Gasteiger partial charge in [-0.2, -0.15) is 9.59 Å². The average Bonchev–Trinajstić information content (AvgIpc) is 2.33. The minimum absolute atomic E-state index is 0.250. The Morgan fingerprint density at radius 2 is 1.06 bits per heavy atom. The van der Waals surface area contributed by atoms with Crippen molar-refractivity contribution in [3.8, 4) is 0 Å². The van der Waals surface area contributed by atoms with Crippen molar-refractivity contribution in [2.75, 3.05) is 26.2 Å². The number of nitrogens with one attached hydrogen (secondary N) is 1. The second-order valence-electron chi connectivity index (χ2n) is 3.89. The Labute approximate surface area is 104 Å². The van der Waals surface area contributed by atoms with Crippen LogP contribution in [0.4, 0.5) is 0 Å². The normalized spacial score (nSPS) is 9.29. The largest absolute Gasteiger partial charge is 0.373 e. The van der Waals surface area contributed by atoms with Crippen LogP contribution in [0.2, 0.25) is 0 Å². The van der Waals surface area contributed by atoms with E-state index < -0.39 is 0 Å². The molecule has 0 aromatic rings. The standard InChI is InChI=1S/C11H27N3.CO2/c12-8-4-1-2-6-10-14-11-7-3-5-9-13;2-1-3/h14H,1-13H2;. The molecule has 0 amide bonds. The van der Waals surface area contributed by atoms with Crippen LogP contribution in [-0.4, -0.2) is 32.3 Å². The Bertz CT molecular complexity index is 148. The molecule has 0 atom stereocenters. The lowest BCUT2D eigenvalue weighted by Crippen LogP contribution is -2.16. The molecular weight excluding hydrogens is 218 g/mol. The number of rotatable bonds is 11. The molecule has 0 unspecified atom stereocenters. The molecule has 17 heavy (non-hydrogen) atoms. The van der Waals surface area contributed by atoms with E-state index in [-0.39, 0.29) is 6.15 Å². The van der Waals surface area contributed by atoms with E-state index in [1.807, 2.05) is 0 Å². The highest BCUT2D eigenvalue weighted by Crippen LogP contribution is 1.97. The SMILES string of the molecule is NCCCCCCNCCCCCN.O=C=O. The van der Waals surface area contributed by atoms with E-state index in [0.717, 1.165) is 32.6 Å². The molecule has 0 bridgehead atoms. The molecule has 0 aliphatic heterocycles. The van der Waals surface area contributed by atoms with Crippen LogP contribution in [-0.2, 0) is 9.59 Å². The van der Waals surface area contributed by atoms with Crippen molar-refractivity contribution >= 4 is 6.15 Å². The van der Waals surface area contributed by atoms with Gasteiger partial charge in [-0.05, 0) is 51.9 Å². The zero-order chi connectivity index (χ0) is 13.2. The quantitative estimate of drug-likeness (QED) is 0.464. The molecule has 5 N–H and O–H groups in total. The molecular formula is C12H27N3O2. The Morgan fingerprint density at radius 1 is 0.706 bits per heavy atom. The molecule has 0 spiro atoms. The molecule has 0 radical (unpaired) electrons. The molecule has 0 saturated heterocycles. The summed E-state index contributed by atoms with van der Waals surface area (Å²) in [7, 11) is 0. The zero-order valence-corrected chi connectivity index (χ0v) is 10.7. The molecule has 5 heteroatoms. The van der Waals surface area contributed by atoms with Crippen molar-refractivity contribution in [1.82, 2.24) is 5.32 Å². The lowest BCUT2D eigenvalue weighted by atomic mass is 10.2. The summed E-state index contributed by atoms with van der Waals surface area (Å²) >= 11 is 0. The topological polar surface area (TPSA) is 98.2 Å². The Morgan fingerprint density at radius 3 is 1.47 bits per heavy atom. The van der Waals surface area contributed by atoms with Crippen molar-refractivity contribution in [1.29, 1.82) is 0 Å². The highest BCUT2D eigenvalue weighted by Gasteiger charge is 1.90. The third-order valence-corrected chi connectivity index (χ3v) is 2.37. The summed E-state index contributed by atoms with van der Waals surface area (Å²) in [5.74, 6) is 0. The monoisotopic (exact) mass is 245 g/mol. The summed E-state index contributed by atoms with van der Waals surface area (Å²) in [5.41, 5.74) is 10.8. The van der Waals surface area contributed by atoms with Crippen LogP contribution >= 0.6 is 0 Å². The predicted molar refractivity (Wildman–Crippen MR) is 68.3 cm³/mol. The van der Waals surface area contributed by atoms with Gasteiger partial charge < -0.3 is 16.8 Å². The first-order valence-corrected chi connectivity index (χ1v) is 6.43. The van der Waals surface area contributed by atoms with Gasteiger partial charge in [0.15, 0.2) is 0 Å². The predicted octanol–water partition coefficient (Wildman–Crippen LogP) is 0.641. The van der Waals surface area contributed by atoms with Crippen LogP contribution in [0, 0.1) is 0 Å². The molecule has 0 heterocycles. The summed E-state index contributed by atoms with van der Waals surface area (Å²) in [6.07, 6.45) is 9.00. The molecule has 102 valence electrons. The molecule has 0 rings (SSSR count). The molecule has 0 saturated carbocycles. The van der Waals surface area contributed by atoms with Gasteiger partial charge in [0.2, 0.25) is 0 Å². The van der Waals surface area contributed by atoms with Gasteiger partial charge in [-0.3, -0.25) is 0 Å². The second kappa shape index (κ2) is 20.6. The first-order valence-electron chi connectivity index (χ1n) is 6.43. The zero-order valence-electron chi connectivity index (χ0n) is 10.7. The van der Waals surface area contributed by atoms with Crippen LogP contribution in [0.3, 0.4) is 0 Å². The summed E-state index contributed by atoms with van der Waals surface area (Å²) in [6, 6.07) is 0. The van der Waals surface area contributed by atoms with Crippen molar-refractivity contribution in [2.45, 2.75) is 44.9 Å².